The fraction of sp³-hybridized carbons (Fsp3) is 0.533. The zero-order valence-corrected chi connectivity index (χ0v) is 11.7. The Bertz CT molecular complexity index is 439. The van der Waals surface area contributed by atoms with Gasteiger partial charge in [-0.2, -0.15) is 0 Å². The van der Waals surface area contributed by atoms with E-state index in [4.69, 9.17) is 5.84 Å². The van der Waals surface area contributed by atoms with E-state index in [2.05, 4.69) is 24.6 Å². The van der Waals surface area contributed by atoms with E-state index in [0.717, 1.165) is 18.5 Å². The SMILES string of the molecule is CC1(C)CCCC(NC(=O)c2ccc(NN)cc2)C1. The number of hydrogen-bond donors (Lipinski definition) is 3. The van der Waals surface area contributed by atoms with Crippen LogP contribution in [0.1, 0.15) is 49.9 Å². The second-order valence-electron chi connectivity index (χ2n) is 6.15. The van der Waals surface area contributed by atoms with Crippen molar-refractivity contribution in [2.24, 2.45) is 11.3 Å². The van der Waals surface area contributed by atoms with Gasteiger partial charge in [-0.3, -0.25) is 10.6 Å². The van der Waals surface area contributed by atoms with Crippen LogP contribution in [-0.2, 0) is 0 Å². The molecule has 1 saturated carbocycles. The van der Waals surface area contributed by atoms with Crippen molar-refractivity contribution in [2.75, 3.05) is 5.43 Å². The number of rotatable bonds is 3. The Balaban J connectivity index is 1.96. The maximum atomic E-state index is 12.2. The normalized spacial score (nSPS) is 21.7. The van der Waals surface area contributed by atoms with Crippen LogP contribution in [-0.4, -0.2) is 11.9 Å². The molecule has 1 amide bonds. The standard InChI is InChI=1S/C15H23N3O/c1-15(2)9-3-4-13(10-15)17-14(19)11-5-7-12(18-16)8-6-11/h5-8,13,18H,3-4,9-10,16H2,1-2H3,(H,17,19). The van der Waals surface area contributed by atoms with Crippen molar-refractivity contribution in [1.29, 1.82) is 0 Å². The third kappa shape index (κ3) is 3.70. The molecule has 4 heteroatoms. The van der Waals surface area contributed by atoms with E-state index >= 15 is 0 Å². The second kappa shape index (κ2) is 5.61. The van der Waals surface area contributed by atoms with E-state index in [1.165, 1.54) is 12.8 Å². The van der Waals surface area contributed by atoms with Gasteiger partial charge in [0.25, 0.3) is 5.91 Å². The van der Waals surface area contributed by atoms with Crippen molar-refractivity contribution >= 4 is 11.6 Å². The molecule has 4 N–H and O–H groups in total. The van der Waals surface area contributed by atoms with Crippen LogP contribution in [0.4, 0.5) is 5.69 Å². The van der Waals surface area contributed by atoms with Crippen LogP contribution in [0.3, 0.4) is 0 Å². The molecule has 0 aliphatic heterocycles. The number of carbonyl (C=O) groups is 1. The molecule has 0 bridgehead atoms. The quantitative estimate of drug-likeness (QED) is 0.579. The molecule has 1 aromatic carbocycles. The highest BCUT2D eigenvalue weighted by Gasteiger charge is 2.28. The van der Waals surface area contributed by atoms with E-state index in [-0.39, 0.29) is 5.91 Å². The summed E-state index contributed by atoms with van der Waals surface area (Å²) in [5.41, 5.74) is 4.37. The van der Waals surface area contributed by atoms with Crippen LogP contribution in [0.25, 0.3) is 0 Å². The van der Waals surface area contributed by atoms with Gasteiger partial charge in [0.15, 0.2) is 0 Å². The lowest BCUT2D eigenvalue weighted by atomic mass is 9.75. The van der Waals surface area contributed by atoms with Crippen molar-refractivity contribution < 1.29 is 4.79 Å². The highest BCUT2D eigenvalue weighted by Crippen LogP contribution is 2.35. The van der Waals surface area contributed by atoms with Gasteiger partial charge in [-0.15, -0.1) is 0 Å². The molecule has 0 saturated heterocycles. The Morgan fingerprint density at radius 3 is 2.58 bits per heavy atom. The maximum Gasteiger partial charge on any atom is 0.251 e. The van der Waals surface area contributed by atoms with Gasteiger partial charge in [0, 0.05) is 17.3 Å². The summed E-state index contributed by atoms with van der Waals surface area (Å²) in [6.07, 6.45) is 4.57. The summed E-state index contributed by atoms with van der Waals surface area (Å²) in [5.74, 6) is 5.31. The Labute approximate surface area is 114 Å². The molecule has 0 radical (unpaired) electrons. The number of nitrogen functional groups attached to an aromatic ring is 1. The monoisotopic (exact) mass is 261 g/mol. The lowest BCUT2D eigenvalue weighted by molar-refractivity contribution is 0.0902. The molecule has 4 nitrogen and oxygen atoms in total. The lowest BCUT2D eigenvalue weighted by Gasteiger charge is -2.35. The van der Waals surface area contributed by atoms with Gasteiger partial charge < -0.3 is 10.7 Å². The van der Waals surface area contributed by atoms with E-state index in [1.807, 2.05) is 0 Å². The van der Waals surface area contributed by atoms with Crippen LogP contribution in [0.2, 0.25) is 0 Å². The molecule has 104 valence electrons. The predicted octanol–water partition coefficient (Wildman–Crippen LogP) is 2.67. The molecule has 1 aliphatic carbocycles. The van der Waals surface area contributed by atoms with Crippen molar-refractivity contribution in [3.05, 3.63) is 29.8 Å². The number of hydrazine groups is 1. The van der Waals surface area contributed by atoms with Crippen LogP contribution < -0.4 is 16.6 Å². The fourth-order valence-corrected chi connectivity index (χ4v) is 2.81. The first-order valence-corrected chi connectivity index (χ1v) is 6.88. The first-order chi connectivity index (χ1) is 9.00. The van der Waals surface area contributed by atoms with Crippen LogP contribution in [0.15, 0.2) is 24.3 Å². The van der Waals surface area contributed by atoms with Gasteiger partial charge in [0.05, 0.1) is 0 Å². The third-order valence-corrected chi connectivity index (χ3v) is 3.85. The number of nitrogens with one attached hydrogen (secondary N) is 2. The van der Waals surface area contributed by atoms with Gasteiger partial charge in [0.2, 0.25) is 0 Å². The Hall–Kier alpha value is -1.55. The summed E-state index contributed by atoms with van der Waals surface area (Å²) in [6.45, 7) is 4.54. The lowest BCUT2D eigenvalue weighted by Crippen LogP contribution is -2.40. The summed E-state index contributed by atoms with van der Waals surface area (Å²) in [6, 6.07) is 7.49. The Morgan fingerprint density at radius 1 is 1.32 bits per heavy atom. The number of amides is 1. The highest BCUT2D eigenvalue weighted by molar-refractivity contribution is 5.94. The molecule has 0 spiro atoms. The number of benzene rings is 1. The zero-order valence-electron chi connectivity index (χ0n) is 11.7. The summed E-state index contributed by atoms with van der Waals surface area (Å²) in [5, 5.41) is 3.14. The summed E-state index contributed by atoms with van der Waals surface area (Å²) >= 11 is 0. The van der Waals surface area contributed by atoms with E-state index in [1.54, 1.807) is 24.3 Å². The van der Waals surface area contributed by atoms with Crippen molar-refractivity contribution in [2.45, 2.75) is 45.6 Å². The predicted molar refractivity (Wildman–Crippen MR) is 77.8 cm³/mol. The number of anilines is 1. The van der Waals surface area contributed by atoms with Gasteiger partial charge >= 0.3 is 0 Å². The van der Waals surface area contributed by atoms with E-state index < -0.39 is 0 Å². The summed E-state index contributed by atoms with van der Waals surface area (Å²) in [7, 11) is 0. The van der Waals surface area contributed by atoms with Gasteiger partial charge in [-0.05, 0) is 48.9 Å². The van der Waals surface area contributed by atoms with Gasteiger partial charge in [-0.1, -0.05) is 20.3 Å². The fourth-order valence-electron chi connectivity index (χ4n) is 2.81. The third-order valence-electron chi connectivity index (χ3n) is 3.85. The highest BCUT2D eigenvalue weighted by atomic mass is 16.1. The Morgan fingerprint density at radius 2 is 2.00 bits per heavy atom. The van der Waals surface area contributed by atoms with E-state index in [0.29, 0.717) is 17.0 Å². The minimum absolute atomic E-state index is 0.00581. The van der Waals surface area contributed by atoms with Crippen LogP contribution in [0.5, 0.6) is 0 Å². The second-order valence-corrected chi connectivity index (χ2v) is 6.15. The number of carbonyl (C=O) groups excluding carboxylic acids is 1. The molecule has 19 heavy (non-hydrogen) atoms. The minimum Gasteiger partial charge on any atom is -0.349 e. The number of hydrogen-bond acceptors (Lipinski definition) is 3. The zero-order chi connectivity index (χ0) is 13.9. The molecule has 0 aromatic heterocycles. The molecule has 2 rings (SSSR count). The largest absolute Gasteiger partial charge is 0.349 e. The summed E-state index contributed by atoms with van der Waals surface area (Å²) < 4.78 is 0. The molecule has 0 heterocycles. The summed E-state index contributed by atoms with van der Waals surface area (Å²) in [4.78, 5) is 12.2. The molecule has 1 aliphatic rings. The van der Waals surface area contributed by atoms with Gasteiger partial charge in [0.1, 0.15) is 0 Å². The van der Waals surface area contributed by atoms with Crippen molar-refractivity contribution in [3.8, 4) is 0 Å². The van der Waals surface area contributed by atoms with Crippen LogP contribution >= 0.6 is 0 Å². The topological polar surface area (TPSA) is 67.2 Å². The first-order valence-electron chi connectivity index (χ1n) is 6.88. The molecule has 1 aromatic rings. The van der Waals surface area contributed by atoms with Gasteiger partial charge in [-0.25, -0.2) is 0 Å². The average molecular weight is 261 g/mol. The molecule has 1 unspecified atom stereocenters. The molecule has 1 fully saturated rings. The van der Waals surface area contributed by atoms with Crippen molar-refractivity contribution in [3.63, 3.8) is 0 Å². The van der Waals surface area contributed by atoms with Crippen molar-refractivity contribution in [1.82, 2.24) is 5.32 Å². The Kier molecular flexibility index (Phi) is 4.10. The average Bonchev–Trinajstić information content (AvgIpc) is 2.37. The maximum absolute atomic E-state index is 12.2. The molecular weight excluding hydrogens is 238 g/mol. The van der Waals surface area contributed by atoms with Crippen LogP contribution in [0, 0.1) is 5.41 Å². The first kappa shape index (κ1) is 13.9. The molecular formula is C15H23N3O. The minimum atomic E-state index is 0.00581. The number of nitrogens with two attached hydrogens (primary N) is 1. The molecule has 1 atom stereocenters. The smallest absolute Gasteiger partial charge is 0.251 e. The van der Waals surface area contributed by atoms with E-state index in [9.17, 15) is 4.79 Å².